The zero-order chi connectivity index (χ0) is 15.6. The van der Waals surface area contributed by atoms with E-state index >= 15 is 0 Å². The van der Waals surface area contributed by atoms with E-state index in [2.05, 4.69) is 10.3 Å². The summed E-state index contributed by atoms with van der Waals surface area (Å²) >= 11 is 0. The first kappa shape index (κ1) is 14.7. The second-order valence-electron chi connectivity index (χ2n) is 4.76. The molecule has 0 spiro atoms. The highest BCUT2D eigenvalue weighted by Crippen LogP contribution is 2.24. The Kier molecular flexibility index (Phi) is 4.02. The Balaban J connectivity index is 2.24. The number of nitrogens with one attached hydrogen (secondary N) is 1. The van der Waals surface area contributed by atoms with Crippen molar-refractivity contribution >= 4 is 17.3 Å². The molecular formula is C14H15FN4O2. The molecule has 0 saturated heterocycles. The molecule has 6 nitrogen and oxygen atoms in total. The number of anilines is 2. The summed E-state index contributed by atoms with van der Waals surface area (Å²) in [6, 6.07) is 6.04. The fourth-order valence-corrected chi connectivity index (χ4v) is 2.07. The van der Waals surface area contributed by atoms with Crippen molar-refractivity contribution in [2.75, 3.05) is 11.1 Å². The number of halogens is 1. The summed E-state index contributed by atoms with van der Waals surface area (Å²) in [6.07, 6.45) is 0. The SMILES string of the molecule is Cc1cc(CNc2nc(N)ccc2[N+](=O)[O-])cc(C)c1F. The van der Waals surface area contributed by atoms with Crippen LogP contribution in [0.15, 0.2) is 24.3 Å². The van der Waals surface area contributed by atoms with Crippen LogP contribution in [0.4, 0.5) is 21.7 Å². The molecule has 110 valence electrons. The number of nitrogen functional groups attached to an aromatic ring is 1. The van der Waals surface area contributed by atoms with Crippen LogP contribution in [-0.4, -0.2) is 9.91 Å². The molecule has 0 aliphatic rings. The van der Waals surface area contributed by atoms with Gasteiger partial charge in [-0.25, -0.2) is 9.37 Å². The molecule has 0 radical (unpaired) electrons. The zero-order valence-corrected chi connectivity index (χ0v) is 11.7. The number of aryl methyl sites for hydroxylation is 2. The molecule has 21 heavy (non-hydrogen) atoms. The van der Waals surface area contributed by atoms with Gasteiger partial charge in [0.15, 0.2) is 0 Å². The van der Waals surface area contributed by atoms with E-state index in [-0.39, 0.29) is 23.1 Å². The molecule has 0 saturated carbocycles. The summed E-state index contributed by atoms with van der Waals surface area (Å²) in [7, 11) is 0. The van der Waals surface area contributed by atoms with Crippen molar-refractivity contribution in [3.8, 4) is 0 Å². The highest BCUT2D eigenvalue weighted by Gasteiger charge is 2.15. The van der Waals surface area contributed by atoms with E-state index in [1.54, 1.807) is 26.0 Å². The number of rotatable bonds is 4. The minimum absolute atomic E-state index is 0.0969. The van der Waals surface area contributed by atoms with Gasteiger partial charge in [-0.15, -0.1) is 0 Å². The van der Waals surface area contributed by atoms with Crippen molar-refractivity contribution in [2.45, 2.75) is 20.4 Å². The number of nitrogens with two attached hydrogens (primary N) is 1. The molecule has 7 heteroatoms. The van der Waals surface area contributed by atoms with Crippen LogP contribution in [0.1, 0.15) is 16.7 Å². The van der Waals surface area contributed by atoms with E-state index < -0.39 is 4.92 Å². The van der Waals surface area contributed by atoms with Crippen molar-refractivity contribution in [3.63, 3.8) is 0 Å². The first-order valence-electron chi connectivity index (χ1n) is 6.29. The molecule has 0 aliphatic carbocycles. The Bertz CT molecular complexity index is 680. The van der Waals surface area contributed by atoms with Gasteiger partial charge in [0.2, 0.25) is 5.82 Å². The van der Waals surface area contributed by atoms with Gasteiger partial charge in [0, 0.05) is 12.6 Å². The first-order chi connectivity index (χ1) is 9.88. The molecule has 0 amide bonds. The Hall–Kier alpha value is -2.70. The Labute approximate surface area is 121 Å². The topological polar surface area (TPSA) is 94.1 Å². The standard InChI is InChI=1S/C14H15FN4O2/c1-8-5-10(6-9(2)13(8)15)7-17-14-11(19(20)21)3-4-12(16)18-14/h3-6H,7H2,1-2H3,(H3,16,17,18). The van der Waals surface area contributed by atoms with E-state index in [1.807, 2.05) is 0 Å². The number of pyridine rings is 1. The third kappa shape index (κ3) is 3.25. The van der Waals surface area contributed by atoms with E-state index in [0.717, 1.165) is 5.56 Å². The molecule has 1 heterocycles. The fraction of sp³-hybridized carbons (Fsp3) is 0.214. The Morgan fingerprint density at radius 2 is 1.95 bits per heavy atom. The average Bonchev–Trinajstić information content (AvgIpc) is 2.42. The molecular weight excluding hydrogens is 275 g/mol. The van der Waals surface area contributed by atoms with Gasteiger partial charge in [-0.2, -0.15) is 0 Å². The monoisotopic (exact) mass is 290 g/mol. The third-order valence-corrected chi connectivity index (χ3v) is 3.05. The van der Waals surface area contributed by atoms with Crippen LogP contribution in [0.5, 0.6) is 0 Å². The fourth-order valence-electron chi connectivity index (χ4n) is 2.07. The Morgan fingerprint density at radius 3 is 2.52 bits per heavy atom. The lowest BCUT2D eigenvalue weighted by Crippen LogP contribution is -2.07. The molecule has 1 aromatic heterocycles. The lowest BCUT2D eigenvalue weighted by atomic mass is 10.1. The smallest absolute Gasteiger partial charge is 0.311 e. The number of nitro groups is 1. The van der Waals surface area contributed by atoms with Crippen molar-refractivity contribution in [3.05, 3.63) is 56.9 Å². The number of hydrogen-bond donors (Lipinski definition) is 2. The molecule has 0 aliphatic heterocycles. The van der Waals surface area contributed by atoms with Crippen LogP contribution >= 0.6 is 0 Å². The average molecular weight is 290 g/mol. The predicted molar refractivity (Wildman–Crippen MR) is 78.5 cm³/mol. The van der Waals surface area contributed by atoms with Gasteiger partial charge in [0.25, 0.3) is 0 Å². The number of hydrogen-bond acceptors (Lipinski definition) is 5. The molecule has 0 fully saturated rings. The summed E-state index contributed by atoms with van der Waals surface area (Å²) < 4.78 is 13.6. The number of nitrogens with zero attached hydrogens (tertiary/aromatic N) is 2. The summed E-state index contributed by atoms with van der Waals surface area (Å²) in [5, 5.41) is 13.8. The van der Waals surface area contributed by atoms with E-state index in [0.29, 0.717) is 17.7 Å². The number of aromatic nitrogens is 1. The summed E-state index contributed by atoms with van der Waals surface area (Å²) in [4.78, 5) is 14.3. The van der Waals surface area contributed by atoms with Crippen LogP contribution in [0.2, 0.25) is 0 Å². The summed E-state index contributed by atoms with van der Waals surface area (Å²) in [6.45, 7) is 3.64. The van der Waals surface area contributed by atoms with Crippen molar-refractivity contribution < 1.29 is 9.31 Å². The van der Waals surface area contributed by atoms with Gasteiger partial charge in [-0.3, -0.25) is 10.1 Å². The van der Waals surface area contributed by atoms with Gasteiger partial charge in [-0.1, -0.05) is 12.1 Å². The van der Waals surface area contributed by atoms with Gasteiger partial charge in [-0.05, 0) is 36.6 Å². The van der Waals surface area contributed by atoms with E-state index in [1.165, 1.54) is 12.1 Å². The minimum Gasteiger partial charge on any atom is -0.384 e. The van der Waals surface area contributed by atoms with Crippen LogP contribution in [0, 0.1) is 29.8 Å². The number of benzene rings is 1. The van der Waals surface area contributed by atoms with Gasteiger partial charge in [0.05, 0.1) is 4.92 Å². The maximum atomic E-state index is 13.6. The van der Waals surface area contributed by atoms with Crippen molar-refractivity contribution in [2.24, 2.45) is 0 Å². The zero-order valence-electron chi connectivity index (χ0n) is 11.7. The third-order valence-electron chi connectivity index (χ3n) is 3.05. The van der Waals surface area contributed by atoms with Gasteiger partial charge in [0.1, 0.15) is 11.6 Å². The maximum Gasteiger partial charge on any atom is 0.311 e. The quantitative estimate of drug-likeness (QED) is 0.667. The van der Waals surface area contributed by atoms with E-state index in [4.69, 9.17) is 5.73 Å². The summed E-state index contributed by atoms with van der Waals surface area (Å²) in [5.41, 5.74) is 7.26. The largest absolute Gasteiger partial charge is 0.384 e. The van der Waals surface area contributed by atoms with Crippen LogP contribution in [0.3, 0.4) is 0 Å². The molecule has 0 bridgehead atoms. The van der Waals surface area contributed by atoms with Crippen molar-refractivity contribution in [1.29, 1.82) is 0 Å². The second-order valence-corrected chi connectivity index (χ2v) is 4.76. The lowest BCUT2D eigenvalue weighted by Gasteiger charge is -2.09. The predicted octanol–water partition coefficient (Wildman–Crippen LogP) is 2.94. The lowest BCUT2D eigenvalue weighted by molar-refractivity contribution is -0.384. The normalized spacial score (nSPS) is 10.4. The Morgan fingerprint density at radius 1 is 1.33 bits per heavy atom. The van der Waals surface area contributed by atoms with Crippen LogP contribution < -0.4 is 11.1 Å². The van der Waals surface area contributed by atoms with Gasteiger partial charge >= 0.3 is 5.69 Å². The van der Waals surface area contributed by atoms with Crippen molar-refractivity contribution in [1.82, 2.24) is 4.98 Å². The summed E-state index contributed by atoms with van der Waals surface area (Å²) in [5.74, 6) is 0.0426. The van der Waals surface area contributed by atoms with Gasteiger partial charge < -0.3 is 11.1 Å². The molecule has 1 aromatic carbocycles. The van der Waals surface area contributed by atoms with E-state index in [9.17, 15) is 14.5 Å². The minimum atomic E-state index is -0.532. The van der Waals surface area contributed by atoms with Crippen LogP contribution in [-0.2, 0) is 6.54 Å². The highest BCUT2D eigenvalue weighted by molar-refractivity contribution is 5.59. The van der Waals surface area contributed by atoms with Crippen LogP contribution in [0.25, 0.3) is 0 Å². The maximum absolute atomic E-state index is 13.6. The molecule has 2 rings (SSSR count). The molecule has 0 unspecified atom stereocenters. The molecule has 3 N–H and O–H groups in total. The second kappa shape index (κ2) is 5.74. The first-order valence-corrected chi connectivity index (χ1v) is 6.29. The molecule has 0 atom stereocenters. The molecule has 2 aromatic rings. The highest BCUT2D eigenvalue weighted by atomic mass is 19.1.